The Morgan fingerprint density at radius 2 is 0.800 bits per heavy atom. The van der Waals surface area contributed by atoms with E-state index >= 15 is 0 Å². The van der Waals surface area contributed by atoms with Crippen LogP contribution >= 0.6 is 39.8 Å². The van der Waals surface area contributed by atoms with Crippen molar-refractivity contribution in [1.29, 1.82) is 0 Å². The van der Waals surface area contributed by atoms with Gasteiger partial charge in [-0.2, -0.15) is 0 Å². The van der Waals surface area contributed by atoms with E-state index in [4.69, 9.17) is 39.8 Å². The zero-order chi connectivity index (χ0) is 4.50. The average Bonchev–Trinajstić information content (AvgIpc) is 0.722. The molecule has 0 bridgehead atoms. The van der Waals surface area contributed by atoms with Crippen LogP contribution in [0.1, 0.15) is 0 Å². The summed E-state index contributed by atoms with van der Waals surface area (Å²) in [5.41, 5.74) is 0. The van der Waals surface area contributed by atoms with E-state index in [2.05, 4.69) is 0 Å². The molecular formula is AsCl4-. The van der Waals surface area contributed by atoms with Crippen LogP contribution < -0.4 is 0 Å². The third-order valence-corrected chi connectivity index (χ3v) is 0. The van der Waals surface area contributed by atoms with Crippen molar-refractivity contribution >= 4 is 49.6 Å². The standard InChI is InChI=1S/AsCl4/c2-1(3,4)5/q-1. The molecule has 0 rings (SSSR count). The van der Waals surface area contributed by atoms with Crippen LogP contribution in [0.15, 0.2) is 0 Å². The zero-order valence-corrected chi connectivity index (χ0v) is 6.86. The molecule has 0 aromatic carbocycles. The molecule has 0 unspecified atom stereocenters. The second kappa shape index (κ2) is 2.14. The molecule has 5 heavy (non-hydrogen) atoms. The van der Waals surface area contributed by atoms with E-state index in [0.717, 1.165) is 0 Å². The molecule has 0 aliphatic rings. The normalized spacial score (nSPS) is 15.2. The van der Waals surface area contributed by atoms with E-state index in [9.17, 15) is 0 Å². The minimum absolute atomic E-state index is 2.99. The van der Waals surface area contributed by atoms with Gasteiger partial charge in [0.15, 0.2) is 0 Å². The fourth-order valence-electron chi connectivity index (χ4n) is 0. The summed E-state index contributed by atoms with van der Waals surface area (Å²) in [6, 6.07) is 0. The van der Waals surface area contributed by atoms with Gasteiger partial charge in [0.2, 0.25) is 0 Å². The van der Waals surface area contributed by atoms with Crippen molar-refractivity contribution in [3.8, 4) is 0 Å². The summed E-state index contributed by atoms with van der Waals surface area (Å²) in [5, 5.41) is 0. The molecule has 0 N–H and O–H groups in total. The van der Waals surface area contributed by atoms with E-state index in [1.54, 1.807) is 0 Å². The van der Waals surface area contributed by atoms with Crippen molar-refractivity contribution < 1.29 is 0 Å². The van der Waals surface area contributed by atoms with Gasteiger partial charge in [0.1, 0.15) is 0 Å². The van der Waals surface area contributed by atoms with Gasteiger partial charge in [-0.3, -0.25) is 0 Å². The summed E-state index contributed by atoms with van der Waals surface area (Å²) in [6.07, 6.45) is 0. The van der Waals surface area contributed by atoms with Gasteiger partial charge < -0.3 is 0 Å². The molecular weight excluding hydrogens is 217 g/mol. The summed E-state index contributed by atoms with van der Waals surface area (Å²) >= 11 is 0. The molecule has 0 spiro atoms. The van der Waals surface area contributed by atoms with Gasteiger partial charge in [-0.15, -0.1) is 0 Å². The van der Waals surface area contributed by atoms with Gasteiger partial charge in [-0.05, 0) is 0 Å². The number of rotatable bonds is 0. The van der Waals surface area contributed by atoms with E-state index < -0.39 is 9.79 Å². The maximum atomic E-state index is 5.00. The molecule has 5 heteroatoms. The zero-order valence-electron chi connectivity index (χ0n) is 1.96. The van der Waals surface area contributed by atoms with Crippen molar-refractivity contribution in [2.45, 2.75) is 0 Å². The molecule has 0 radical (unpaired) electrons. The summed E-state index contributed by atoms with van der Waals surface area (Å²) in [4.78, 5) is 0. The third-order valence-electron chi connectivity index (χ3n) is 0. The van der Waals surface area contributed by atoms with Crippen LogP contribution in [0.2, 0.25) is 0 Å². The van der Waals surface area contributed by atoms with Crippen LogP contribution in [0.3, 0.4) is 0 Å². The van der Waals surface area contributed by atoms with E-state index in [1.165, 1.54) is 0 Å². The van der Waals surface area contributed by atoms with Gasteiger partial charge in [0, 0.05) is 0 Å². The molecule has 0 fully saturated rings. The van der Waals surface area contributed by atoms with Gasteiger partial charge in [0.25, 0.3) is 0 Å². The summed E-state index contributed by atoms with van der Waals surface area (Å²) < 4.78 is 0. The Labute approximate surface area is 49.4 Å². The van der Waals surface area contributed by atoms with Crippen LogP contribution in [0.25, 0.3) is 0 Å². The van der Waals surface area contributed by atoms with Crippen LogP contribution in [-0.2, 0) is 0 Å². The predicted octanol–water partition coefficient (Wildman–Crippen LogP) is 2.38. The molecule has 0 saturated heterocycles. The van der Waals surface area contributed by atoms with E-state index in [1.807, 2.05) is 0 Å². The van der Waals surface area contributed by atoms with Gasteiger partial charge in [-0.25, -0.2) is 0 Å². The molecule has 0 atom stereocenters. The molecule has 0 saturated carbocycles. The first-order valence-electron chi connectivity index (χ1n) is 0.676. The fraction of sp³-hybridized carbons (Fsp3) is 0. The van der Waals surface area contributed by atoms with Gasteiger partial charge in [0.05, 0.1) is 0 Å². The Bertz CT molecular complexity index is 19.1. The molecule has 0 heterocycles. The number of halogens is 4. The van der Waals surface area contributed by atoms with E-state index in [-0.39, 0.29) is 0 Å². The van der Waals surface area contributed by atoms with Gasteiger partial charge >= 0.3 is 49.6 Å². The Hall–Kier alpha value is 1.72. The summed E-state index contributed by atoms with van der Waals surface area (Å²) in [7, 11) is 17.0. The Balaban J connectivity index is 3.02. The van der Waals surface area contributed by atoms with Gasteiger partial charge in [-0.1, -0.05) is 0 Å². The first kappa shape index (κ1) is 6.72. The molecule has 0 aliphatic carbocycles. The van der Waals surface area contributed by atoms with Crippen molar-refractivity contribution in [2.75, 3.05) is 0 Å². The molecule has 0 aromatic heterocycles. The molecule has 0 aromatic rings. The Morgan fingerprint density at radius 3 is 0.800 bits per heavy atom. The molecule has 0 nitrogen and oxygen atoms in total. The Morgan fingerprint density at radius 1 is 0.800 bits per heavy atom. The SMILES string of the molecule is Cl[As-](Cl)(Cl)Cl. The van der Waals surface area contributed by atoms with E-state index in [0.29, 0.717) is 0 Å². The second-order valence-electron chi connectivity index (χ2n) is 0.383. The van der Waals surface area contributed by atoms with Crippen molar-refractivity contribution in [1.82, 2.24) is 0 Å². The van der Waals surface area contributed by atoms with Crippen LogP contribution in [0.5, 0.6) is 0 Å². The maximum absolute atomic E-state index is 5.00. The summed E-state index contributed by atoms with van der Waals surface area (Å²) in [6.45, 7) is 0. The first-order valence-corrected chi connectivity index (χ1v) is 10.5. The quantitative estimate of drug-likeness (QED) is 0.546. The van der Waals surface area contributed by atoms with Crippen LogP contribution in [0.4, 0.5) is 0 Å². The van der Waals surface area contributed by atoms with Crippen molar-refractivity contribution in [3.05, 3.63) is 0 Å². The van der Waals surface area contributed by atoms with Crippen molar-refractivity contribution in [3.63, 3.8) is 0 Å². The first-order chi connectivity index (χ1) is 2.00. The topological polar surface area (TPSA) is 0 Å². The fourth-order valence-corrected chi connectivity index (χ4v) is 0. The summed E-state index contributed by atoms with van der Waals surface area (Å²) in [5.74, 6) is 0. The minimum atomic E-state index is -2.99. The predicted molar refractivity (Wildman–Crippen MR) is 29.2 cm³/mol. The monoisotopic (exact) mass is 215 g/mol. The van der Waals surface area contributed by atoms with Crippen LogP contribution in [-0.4, -0.2) is 9.79 Å². The average molecular weight is 217 g/mol. The van der Waals surface area contributed by atoms with Crippen LogP contribution in [0, 0.1) is 0 Å². The molecule has 0 amide bonds. The Kier molecular flexibility index (Phi) is 2.87. The van der Waals surface area contributed by atoms with Crippen molar-refractivity contribution in [2.24, 2.45) is 0 Å². The molecule has 0 aliphatic heterocycles. The third kappa shape index (κ3) is 26.8. The molecule has 34 valence electrons. The number of hydrogen-bond acceptors (Lipinski definition) is 0. The second-order valence-corrected chi connectivity index (χ2v) is 17.9. The number of hydrogen-bond donors (Lipinski definition) is 0.